The number of hydrogen-bond donors (Lipinski definition) is 3. The van der Waals surface area contributed by atoms with Gasteiger partial charge in [0.15, 0.2) is 5.76 Å². The Balaban J connectivity index is 2.89. The summed E-state index contributed by atoms with van der Waals surface area (Å²) >= 11 is 0. The summed E-state index contributed by atoms with van der Waals surface area (Å²) in [4.78, 5) is 10.3. The molecule has 0 aliphatic carbocycles. The second-order valence-electron chi connectivity index (χ2n) is 2.17. The standard InChI is InChI=1S/C6H8O5/c7-3-1-2-11-5(4(3)8)6(9)10/h3,7-8H,1-2H2,(H,9,10). The molecule has 0 fully saturated rings. The molecule has 0 amide bonds. The topological polar surface area (TPSA) is 87.0 Å². The van der Waals surface area contributed by atoms with E-state index in [1.54, 1.807) is 0 Å². The third-order valence-electron chi connectivity index (χ3n) is 1.38. The van der Waals surface area contributed by atoms with Crippen LogP contribution in [0, 0.1) is 0 Å². The second kappa shape index (κ2) is 2.79. The highest BCUT2D eigenvalue weighted by atomic mass is 16.5. The van der Waals surface area contributed by atoms with E-state index in [0.29, 0.717) is 0 Å². The van der Waals surface area contributed by atoms with E-state index in [4.69, 9.17) is 15.3 Å². The van der Waals surface area contributed by atoms with Crippen LogP contribution < -0.4 is 0 Å². The average Bonchev–Trinajstić information content (AvgIpc) is 1.94. The van der Waals surface area contributed by atoms with Gasteiger partial charge in [0.2, 0.25) is 5.76 Å². The van der Waals surface area contributed by atoms with Gasteiger partial charge in [-0.05, 0) is 0 Å². The number of aliphatic hydroxyl groups excluding tert-OH is 2. The second-order valence-corrected chi connectivity index (χ2v) is 2.17. The van der Waals surface area contributed by atoms with Gasteiger partial charge >= 0.3 is 5.97 Å². The molecule has 0 radical (unpaired) electrons. The quantitative estimate of drug-likeness (QED) is 0.486. The van der Waals surface area contributed by atoms with Crippen LogP contribution in [0.15, 0.2) is 11.5 Å². The van der Waals surface area contributed by atoms with Gasteiger partial charge in [-0.2, -0.15) is 0 Å². The zero-order valence-electron chi connectivity index (χ0n) is 5.65. The van der Waals surface area contributed by atoms with E-state index in [-0.39, 0.29) is 13.0 Å². The molecule has 1 atom stereocenters. The molecular weight excluding hydrogens is 152 g/mol. The first kappa shape index (κ1) is 7.87. The Kier molecular flexibility index (Phi) is 2.00. The van der Waals surface area contributed by atoms with Crippen LogP contribution in [0.3, 0.4) is 0 Å². The van der Waals surface area contributed by atoms with Crippen molar-refractivity contribution >= 4 is 5.97 Å². The Morgan fingerprint density at radius 2 is 2.27 bits per heavy atom. The van der Waals surface area contributed by atoms with E-state index < -0.39 is 23.6 Å². The van der Waals surface area contributed by atoms with Crippen LogP contribution in [-0.4, -0.2) is 34.0 Å². The highest BCUT2D eigenvalue weighted by molar-refractivity contribution is 5.85. The first-order valence-corrected chi connectivity index (χ1v) is 3.10. The molecule has 1 rings (SSSR count). The van der Waals surface area contributed by atoms with Crippen molar-refractivity contribution in [3.8, 4) is 0 Å². The number of ether oxygens (including phenoxy) is 1. The van der Waals surface area contributed by atoms with Crippen LogP contribution in [0.2, 0.25) is 0 Å². The van der Waals surface area contributed by atoms with Gasteiger partial charge in [0, 0.05) is 6.42 Å². The van der Waals surface area contributed by atoms with Crippen molar-refractivity contribution in [3.63, 3.8) is 0 Å². The van der Waals surface area contributed by atoms with E-state index >= 15 is 0 Å². The molecule has 5 nitrogen and oxygen atoms in total. The van der Waals surface area contributed by atoms with Crippen LogP contribution >= 0.6 is 0 Å². The molecule has 0 aromatic carbocycles. The minimum atomic E-state index is -1.36. The van der Waals surface area contributed by atoms with Crippen LogP contribution in [0.1, 0.15) is 6.42 Å². The number of carboxylic acids is 1. The number of rotatable bonds is 1. The van der Waals surface area contributed by atoms with Crippen LogP contribution in [0.4, 0.5) is 0 Å². The van der Waals surface area contributed by atoms with Gasteiger partial charge in [-0.15, -0.1) is 0 Å². The van der Waals surface area contributed by atoms with Gasteiger partial charge in [0.25, 0.3) is 0 Å². The third kappa shape index (κ3) is 1.43. The van der Waals surface area contributed by atoms with Crippen LogP contribution in [-0.2, 0) is 9.53 Å². The molecule has 0 aromatic heterocycles. The molecule has 1 aliphatic heterocycles. The van der Waals surface area contributed by atoms with E-state index in [1.807, 2.05) is 0 Å². The summed E-state index contributed by atoms with van der Waals surface area (Å²) in [5.74, 6) is -2.51. The van der Waals surface area contributed by atoms with Crippen LogP contribution in [0.5, 0.6) is 0 Å². The van der Waals surface area contributed by atoms with Gasteiger partial charge < -0.3 is 20.1 Å². The van der Waals surface area contributed by atoms with E-state index in [2.05, 4.69) is 4.74 Å². The van der Waals surface area contributed by atoms with Crippen molar-refractivity contribution in [2.45, 2.75) is 12.5 Å². The van der Waals surface area contributed by atoms with Crippen molar-refractivity contribution in [3.05, 3.63) is 11.5 Å². The number of hydrogen-bond acceptors (Lipinski definition) is 4. The Morgan fingerprint density at radius 3 is 2.73 bits per heavy atom. The molecule has 0 saturated heterocycles. The highest BCUT2D eigenvalue weighted by Gasteiger charge is 2.26. The molecule has 3 N–H and O–H groups in total. The SMILES string of the molecule is O=C(O)C1=C(O)C(O)CCO1. The molecule has 0 bridgehead atoms. The molecule has 62 valence electrons. The number of carboxylic acid groups (broad SMARTS) is 1. The summed E-state index contributed by atoms with van der Waals surface area (Å²) in [5.41, 5.74) is 0. The van der Waals surface area contributed by atoms with E-state index in [0.717, 1.165) is 0 Å². The average molecular weight is 160 g/mol. The minimum absolute atomic E-state index is 0.118. The normalized spacial score (nSPS) is 24.6. The lowest BCUT2D eigenvalue weighted by atomic mass is 10.1. The fourth-order valence-electron chi connectivity index (χ4n) is 0.806. The Bertz CT molecular complexity index is 207. The van der Waals surface area contributed by atoms with E-state index in [9.17, 15) is 4.79 Å². The highest BCUT2D eigenvalue weighted by Crippen LogP contribution is 2.16. The van der Waals surface area contributed by atoms with Crippen molar-refractivity contribution in [1.29, 1.82) is 0 Å². The molecule has 1 unspecified atom stereocenters. The third-order valence-corrected chi connectivity index (χ3v) is 1.38. The van der Waals surface area contributed by atoms with Crippen LogP contribution in [0.25, 0.3) is 0 Å². The first-order chi connectivity index (χ1) is 5.13. The summed E-state index contributed by atoms with van der Waals surface area (Å²) in [7, 11) is 0. The fraction of sp³-hybridized carbons (Fsp3) is 0.500. The summed E-state index contributed by atoms with van der Waals surface area (Å²) in [5, 5.41) is 26.2. The molecule has 0 spiro atoms. The number of carbonyl (C=O) groups is 1. The summed E-state index contributed by atoms with van der Waals surface area (Å²) in [6, 6.07) is 0. The van der Waals surface area contributed by atoms with Gasteiger partial charge in [-0.25, -0.2) is 4.79 Å². The minimum Gasteiger partial charge on any atom is -0.506 e. The molecule has 0 saturated carbocycles. The van der Waals surface area contributed by atoms with Gasteiger partial charge in [-0.3, -0.25) is 0 Å². The van der Waals surface area contributed by atoms with E-state index in [1.165, 1.54) is 0 Å². The zero-order chi connectivity index (χ0) is 8.43. The number of aliphatic hydroxyl groups is 2. The van der Waals surface area contributed by atoms with Crippen molar-refractivity contribution < 1.29 is 24.9 Å². The molecule has 5 heteroatoms. The lowest BCUT2D eigenvalue weighted by Crippen LogP contribution is -2.24. The molecule has 1 heterocycles. The van der Waals surface area contributed by atoms with Gasteiger partial charge in [0.1, 0.15) is 6.10 Å². The molecule has 11 heavy (non-hydrogen) atoms. The number of aliphatic carboxylic acids is 1. The van der Waals surface area contributed by atoms with Crippen molar-refractivity contribution in [1.82, 2.24) is 0 Å². The first-order valence-electron chi connectivity index (χ1n) is 3.10. The summed E-state index contributed by atoms with van der Waals surface area (Å²) < 4.78 is 4.59. The maximum atomic E-state index is 10.3. The molecular formula is C6H8O5. The predicted molar refractivity (Wildman–Crippen MR) is 33.9 cm³/mol. The van der Waals surface area contributed by atoms with Crippen molar-refractivity contribution in [2.24, 2.45) is 0 Å². The molecule has 1 aliphatic rings. The smallest absolute Gasteiger partial charge is 0.374 e. The fourth-order valence-corrected chi connectivity index (χ4v) is 0.806. The van der Waals surface area contributed by atoms with Crippen molar-refractivity contribution in [2.75, 3.05) is 6.61 Å². The maximum Gasteiger partial charge on any atom is 0.374 e. The summed E-state index contributed by atoms with van der Waals surface area (Å²) in [6.07, 6.45) is -0.877. The summed E-state index contributed by atoms with van der Waals surface area (Å²) in [6.45, 7) is 0.118. The lowest BCUT2D eigenvalue weighted by Gasteiger charge is -2.18. The maximum absolute atomic E-state index is 10.3. The Labute approximate surface area is 62.5 Å². The predicted octanol–water partition coefficient (Wildman–Crippen LogP) is -0.378. The van der Waals surface area contributed by atoms with Gasteiger partial charge in [0.05, 0.1) is 6.61 Å². The monoisotopic (exact) mass is 160 g/mol. The Hall–Kier alpha value is -1.23. The lowest BCUT2D eigenvalue weighted by molar-refractivity contribution is -0.138. The molecule has 0 aromatic rings. The Morgan fingerprint density at radius 1 is 1.64 bits per heavy atom. The largest absolute Gasteiger partial charge is 0.506 e. The zero-order valence-corrected chi connectivity index (χ0v) is 5.65. The van der Waals surface area contributed by atoms with Gasteiger partial charge in [-0.1, -0.05) is 0 Å².